The first kappa shape index (κ1) is 11.8. The molecule has 1 aromatic rings. The average Bonchev–Trinajstić information content (AvgIpc) is 2.72. The van der Waals surface area contributed by atoms with Crippen molar-refractivity contribution in [2.24, 2.45) is 5.41 Å². The molecule has 1 aromatic carbocycles. The number of thioether (sulfide) groups is 1. The van der Waals surface area contributed by atoms with Crippen LogP contribution >= 0.6 is 11.8 Å². The van der Waals surface area contributed by atoms with Crippen molar-refractivity contribution in [2.45, 2.75) is 4.93 Å². The van der Waals surface area contributed by atoms with Crippen LogP contribution in [0.15, 0.2) is 30.3 Å². The van der Waals surface area contributed by atoms with Crippen LogP contribution in [0, 0.1) is 28.1 Å². The summed E-state index contributed by atoms with van der Waals surface area (Å²) in [5, 5.41) is 18.7. The predicted molar refractivity (Wildman–Crippen MR) is 70.0 cm³/mol. The first-order chi connectivity index (χ1) is 9.17. The molecular weight excluding hydrogens is 260 g/mol. The number of carbonyl (C=O) groups is 1. The van der Waals surface area contributed by atoms with Crippen molar-refractivity contribution < 1.29 is 9.53 Å². The average molecular weight is 268 g/mol. The molecule has 2 aliphatic rings. The van der Waals surface area contributed by atoms with E-state index in [4.69, 9.17) is 4.74 Å². The van der Waals surface area contributed by atoms with Crippen molar-refractivity contribution in [3.8, 4) is 17.9 Å². The zero-order chi connectivity index (χ0) is 13.5. The number of Topliss-reactive ketones (excluding diaryl/α,β-unsaturated/α-hetero) is 1. The summed E-state index contributed by atoms with van der Waals surface area (Å²) in [6, 6.07) is 11.1. The van der Waals surface area contributed by atoms with Crippen molar-refractivity contribution in [2.75, 3.05) is 5.75 Å². The normalized spacial score (nSPS) is 26.3. The number of ketones is 1. The number of nitrogens with zero attached hydrogens (tertiary/aromatic N) is 2. The van der Waals surface area contributed by atoms with Crippen molar-refractivity contribution in [3.05, 3.63) is 35.9 Å². The van der Waals surface area contributed by atoms with Crippen LogP contribution in [0.4, 0.5) is 0 Å². The van der Waals surface area contributed by atoms with E-state index >= 15 is 0 Å². The highest BCUT2D eigenvalue weighted by Gasteiger charge is 2.65. The molecule has 0 amide bonds. The lowest BCUT2D eigenvalue weighted by molar-refractivity contribution is -0.123. The van der Waals surface area contributed by atoms with Gasteiger partial charge in [0.1, 0.15) is 5.75 Å². The Bertz CT molecular complexity index is 669. The second kappa shape index (κ2) is 3.88. The van der Waals surface area contributed by atoms with Gasteiger partial charge >= 0.3 is 0 Å². The second-order valence-corrected chi connectivity index (χ2v) is 5.51. The van der Waals surface area contributed by atoms with Gasteiger partial charge in [0.15, 0.2) is 5.78 Å². The molecule has 5 heteroatoms. The van der Waals surface area contributed by atoms with Gasteiger partial charge in [0.05, 0.1) is 17.9 Å². The van der Waals surface area contributed by atoms with Crippen molar-refractivity contribution in [3.63, 3.8) is 0 Å². The molecule has 3 rings (SSSR count). The summed E-state index contributed by atoms with van der Waals surface area (Å²) in [7, 11) is 0. The Kier molecular flexibility index (Phi) is 2.41. The van der Waals surface area contributed by atoms with Crippen LogP contribution in [0.25, 0.3) is 6.08 Å². The zero-order valence-corrected chi connectivity index (χ0v) is 10.6. The maximum absolute atomic E-state index is 12.0. The Morgan fingerprint density at radius 1 is 1.26 bits per heavy atom. The fourth-order valence-corrected chi connectivity index (χ4v) is 3.57. The number of hydrogen-bond donors (Lipinski definition) is 0. The summed E-state index contributed by atoms with van der Waals surface area (Å²) in [6.45, 7) is 0. The van der Waals surface area contributed by atoms with Crippen LogP contribution < -0.4 is 4.74 Å². The third-order valence-electron chi connectivity index (χ3n) is 3.36. The van der Waals surface area contributed by atoms with Gasteiger partial charge in [-0.05, 0) is 12.1 Å². The molecular formula is C14H8N2O2S. The monoisotopic (exact) mass is 268 g/mol. The summed E-state index contributed by atoms with van der Waals surface area (Å²) < 4.78 is 5.86. The molecule has 19 heavy (non-hydrogen) atoms. The minimum absolute atomic E-state index is 0.105. The minimum atomic E-state index is -1.78. The Morgan fingerprint density at radius 3 is 2.74 bits per heavy atom. The predicted octanol–water partition coefficient (Wildman–Crippen LogP) is 2.14. The van der Waals surface area contributed by atoms with Crippen molar-refractivity contribution in [1.82, 2.24) is 0 Å². The molecule has 92 valence electrons. The maximum Gasteiger partial charge on any atom is 0.254 e. The lowest BCUT2D eigenvalue weighted by atomic mass is 9.80. The fourth-order valence-electron chi connectivity index (χ4n) is 2.28. The molecule has 1 atom stereocenters. The number of carbonyl (C=O) groups excluding carboxylic acids is 1. The van der Waals surface area contributed by atoms with E-state index in [1.165, 1.54) is 11.8 Å². The number of benzene rings is 1. The van der Waals surface area contributed by atoms with Gasteiger partial charge in [-0.15, -0.1) is 0 Å². The van der Waals surface area contributed by atoms with Crippen LogP contribution in [-0.2, 0) is 4.79 Å². The van der Waals surface area contributed by atoms with Crippen LogP contribution in [0.1, 0.15) is 5.56 Å². The van der Waals surface area contributed by atoms with Gasteiger partial charge in [0.2, 0.25) is 4.93 Å². The van der Waals surface area contributed by atoms with E-state index in [2.05, 4.69) is 0 Å². The van der Waals surface area contributed by atoms with Gasteiger partial charge in [0, 0.05) is 5.56 Å². The van der Waals surface area contributed by atoms with E-state index in [0.29, 0.717) is 5.75 Å². The quantitative estimate of drug-likeness (QED) is 0.720. The number of fused-ring (bicyclic) bond motifs is 1. The molecule has 0 saturated carbocycles. The highest BCUT2D eigenvalue weighted by Crippen LogP contribution is 2.53. The summed E-state index contributed by atoms with van der Waals surface area (Å²) >= 11 is 1.19. The van der Waals surface area contributed by atoms with Gasteiger partial charge in [-0.2, -0.15) is 10.5 Å². The molecule has 0 aromatic heterocycles. The standard InChI is InChI=1S/C14H8N2O2S/c15-8-13(9-16)12(17)7-19-14(13)6-5-10-3-1-2-4-11(10)18-14/h1-6H,7H2. The Labute approximate surface area is 114 Å². The lowest BCUT2D eigenvalue weighted by Crippen LogP contribution is -2.48. The second-order valence-electron chi connectivity index (χ2n) is 4.33. The molecule has 1 unspecified atom stereocenters. The fraction of sp³-hybridized carbons (Fsp3) is 0.214. The molecule has 0 aliphatic carbocycles. The number of nitriles is 2. The topological polar surface area (TPSA) is 73.9 Å². The highest BCUT2D eigenvalue weighted by atomic mass is 32.2. The number of rotatable bonds is 0. The Morgan fingerprint density at radius 2 is 2.00 bits per heavy atom. The molecule has 4 nitrogen and oxygen atoms in total. The maximum atomic E-state index is 12.0. The zero-order valence-electron chi connectivity index (χ0n) is 9.79. The molecule has 0 radical (unpaired) electrons. The molecule has 2 heterocycles. The van der Waals surface area contributed by atoms with Gasteiger partial charge in [-0.25, -0.2) is 0 Å². The van der Waals surface area contributed by atoms with Gasteiger partial charge in [0.25, 0.3) is 5.41 Å². The Hall–Kier alpha value is -2.24. The summed E-state index contributed by atoms with van der Waals surface area (Å²) in [6.07, 6.45) is 3.45. The van der Waals surface area contributed by atoms with E-state index in [1.807, 2.05) is 30.3 Å². The number of hydrogen-bond acceptors (Lipinski definition) is 5. The SMILES string of the molecule is N#CC1(C#N)C(=O)CSC12C=Cc1ccccc1O2. The van der Waals surface area contributed by atoms with Crippen molar-refractivity contribution in [1.29, 1.82) is 10.5 Å². The summed E-state index contributed by atoms with van der Waals surface area (Å²) in [4.78, 5) is 10.7. The largest absolute Gasteiger partial charge is 0.469 e. The van der Waals surface area contributed by atoms with Crippen LogP contribution in [0.2, 0.25) is 0 Å². The van der Waals surface area contributed by atoms with Crippen LogP contribution in [-0.4, -0.2) is 16.5 Å². The third-order valence-corrected chi connectivity index (χ3v) is 4.72. The van der Waals surface area contributed by atoms with Gasteiger partial charge < -0.3 is 4.74 Å². The van der Waals surface area contributed by atoms with E-state index in [1.54, 1.807) is 18.2 Å². The first-order valence-corrected chi connectivity index (χ1v) is 6.63. The molecule has 1 spiro atoms. The minimum Gasteiger partial charge on any atom is -0.469 e. The molecule has 1 fully saturated rings. The molecule has 0 bridgehead atoms. The molecule has 1 saturated heterocycles. The van der Waals surface area contributed by atoms with E-state index in [0.717, 1.165) is 5.56 Å². The highest BCUT2D eigenvalue weighted by molar-refractivity contribution is 8.02. The lowest BCUT2D eigenvalue weighted by Gasteiger charge is -2.35. The number of ether oxygens (including phenoxy) is 1. The molecule has 2 aliphatic heterocycles. The first-order valence-electron chi connectivity index (χ1n) is 5.64. The Balaban J connectivity index is 2.16. The van der Waals surface area contributed by atoms with Crippen LogP contribution in [0.5, 0.6) is 5.75 Å². The summed E-state index contributed by atoms with van der Waals surface area (Å²) in [5.41, 5.74) is -0.903. The number of para-hydroxylation sites is 1. The van der Waals surface area contributed by atoms with Gasteiger partial charge in [-0.1, -0.05) is 36.0 Å². The van der Waals surface area contributed by atoms with Gasteiger partial charge in [-0.3, -0.25) is 4.79 Å². The van der Waals surface area contributed by atoms with E-state index < -0.39 is 16.1 Å². The van der Waals surface area contributed by atoms with E-state index in [-0.39, 0.29) is 5.75 Å². The van der Waals surface area contributed by atoms with Crippen molar-refractivity contribution >= 4 is 23.6 Å². The van der Waals surface area contributed by atoms with E-state index in [9.17, 15) is 15.3 Å². The van der Waals surface area contributed by atoms with Crippen LogP contribution in [0.3, 0.4) is 0 Å². The summed E-state index contributed by atoms with van der Waals surface area (Å²) in [5.74, 6) is 0.293. The molecule has 0 N–H and O–H groups in total. The third kappa shape index (κ3) is 1.36. The smallest absolute Gasteiger partial charge is 0.254 e.